The van der Waals surface area contributed by atoms with Crippen molar-refractivity contribution in [2.45, 2.75) is 13.8 Å². The van der Waals surface area contributed by atoms with E-state index in [1.807, 2.05) is 0 Å². The van der Waals surface area contributed by atoms with Crippen molar-refractivity contribution in [3.05, 3.63) is 56.6 Å². The first kappa shape index (κ1) is 22.0. The van der Waals surface area contributed by atoms with Crippen LogP contribution in [0.3, 0.4) is 0 Å². The van der Waals surface area contributed by atoms with Gasteiger partial charge in [0.2, 0.25) is 0 Å². The van der Waals surface area contributed by atoms with Crippen molar-refractivity contribution in [3.63, 3.8) is 0 Å². The van der Waals surface area contributed by atoms with E-state index in [0.29, 0.717) is 11.3 Å². The van der Waals surface area contributed by atoms with Gasteiger partial charge in [-0.1, -0.05) is 11.6 Å². The van der Waals surface area contributed by atoms with Crippen LogP contribution in [-0.4, -0.2) is 37.1 Å². The Balaban J connectivity index is 2.08. The summed E-state index contributed by atoms with van der Waals surface area (Å²) in [5.41, 5.74) is 0.734. The fourth-order valence-corrected chi connectivity index (χ4v) is 2.66. The van der Waals surface area contributed by atoms with E-state index in [9.17, 15) is 19.7 Å². The molecule has 0 spiro atoms. The largest absolute Gasteiger partial charge is 0.496 e. The molecule has 0 fully saturated rings. The van der Waals surface area contributed by atoms with Gasteiger partial charge in [0, 0.05) is 17.7 Å². The van der Waals surface area contributed by atoms with E-state index < -0.39 is 16.8 Å². The zero-order chi connectivity index (χ0) is 21.6. The molecule has 0 saturated heterocycles. The highest BCUT2D eigenvalue weighted by atomic mass is 35.5. The molecule has 0 heterocycles. The van der Waals surface area contributed by atoms with Crippen LogP contribution in [-0.2, 0) is 9.53 Å². The molecule has 0 unspecified atom stereocenters. The van der Waals surface area contributed by atoms with Crippen LogP contribution in [0, 0.1) is 17.0 Å². The molecule has 0 saturated carbocycles. The summed E-state index contributed by atoms with van der Waals surface area (Å²) in [5.74, 6) is -0.616. The average molecular weight is 423 g/mol. The zero-order valence-corrected chi connectivity index (χ0v) is 16.7. The number of hydrogen-bond donors (Lipinski definition) is 1. The number of ether oxygens (including phenoxy) is 3. The number of carbonyl (C=O) groups excluding carboxylic acids is 2. The number of methoxy groups -OCH3 is 1. The topological polar surface area (TPSA) is 117 Å². The van der Waals surface area contributed by atoms with Gasteiger partial charge < -0.3 is 19.5 Å². The van der Waals surface area contributed by atoms with E-state index in [0.717, 1.165) is 0 Å². The molecule has 0 bridgehead atoms. The lowest BCUT2D eigenvalue weighted by Crippen LogP contribution is -2.20. The summed E-state index contributed by atoms with van der Waals surface area (Å²) >= 11 is 6.15. The van der Waals surface area contributed by atoms with E-state index >= 15 is 0 Å². The lowest BCUT2D eigenvalue weighted by Gasteiger charge is -2.13. The molecule has 0 aromatic heterocycles. The highest BCUT2D eigenvalue weighted by molar-refractivity contribution is 6.34. The Morgan fingerprint density at radius 3 is 2.55 bits per heavy atom. The van der Waals surface area contributed by atoms with E-state index in [4.69, 9.17) is 25.8 Å². The van der Waals surface area contributed by atoms with Gasteiger partial charge in [0.1, 0.15) is 17.1 Å². The smallest absolute Gasteiger partial charge is 0.341 e. The molecular formula is C19H19ClN2O7. The molecule has 1 amide bonds. The second kappa shape index (κ2) is 9.74. The van der Waals surface area contributed by atoms with E-state index in [1.165, 1.54) is 37.4 Å². The van der Waals surface area contributed by atoms with Gasteiger partial charge in [-0.15, -0.1) is 0 Å². The van der Waals surface area contributed by atoms with Crippen molar-refractivity contribution in [2.75, 3.05) is 25.6 Å². The maximum atomic E-state index is 12.2. The van der Waals surface area contributed by atoms with Crippen molar-refractivity contribution >= 4 is 34.9 Å². The molecule has 10 heteroatoms. The fraction of sp³-hybridized carbons (Fsp3) is 0.263. The van der Waals surface area contributed by atoms with Gasteiger partial charge in [0.25, 0.3) is 11.6 Å². The Bertz CT molecular complexity index is 946. The second-order valence-corrected chi connectivity index (χ2v) is 6.20. The third-order valence-electron chi connectivity index (χ3n) is 3.79. The summed E-state index contributed by atoms with van der Waals surface area (Å²) < 4.78 is 15.5. The standard InChI is InChI=1S/C19H19ClN2O7/c1-4-28-19(24)13-8-14(20)15(9-17(13)27-3)21-18(23)10-29-12-5-6-16(22(25)26)11(2)7-12/h5-9H,4,10H2,1-3H3,(H,21,23). The van der Waals surface area contributed by atoms with Crippen LogP contribution in [0.15, 0.2) is 30.3 Å². The van der Waals surface area contributed by atoms with E-state index in [2.05, 4.69) is 5.32 Å². The maximum absolute atomic E-state index is 12.2. The lowest BCUT2D eigenvalue weighted by molar-refractivity contribution is -0.385. The van der Waals surface area contributed by atoms with Crippen LogP contribution in [0.4, 0.5) is 11.4 Å². The third kappa shape index (κ3) is 5.58. The molecule has 154 valence electrons. The Morgan fingerprint density at radius 2 is 1.97 bits per heavy atom. The molecule has 0 aliphatic heterocycles. The number of rotatable bonds is 8. The van der Waals surface area contributed by atoms with Crippen LogP contribution < -0.4 is 14.8 Å². The highest BCUT2D eigenvalue weighted by Crippen LogP contribution is 2.31. The van der Waals surface area contributed by atoms with Gasteiger partial charge in [-0.2, -0.15) is 0 Å². The Kier molecular flexibility index (Phi) is 7.38. The normalized spacial score (nSPS) is 10.2. The first-order valence-corrected chi connectivity index (χ1v) is 8.87. The summed E-state index contributed by atoms with van der Waals surface area (Å²) in [5, 5.41) is 13.5. The number of nitrogens with zero attached hydrogens (tertiary/aromatic N) is 1. The first-order valence-electron chi connectivity index (χ1n) is 8.49. The number of nitro groups is 1. The van der Waals surface area contributed by atoms with Gasteiger partial charge in [-0.3, -0.25) is 14.9 Å². The number of hydrogen-bond acceptors (Lipinski definition) is 7. The predicted molar refractivity (Wildman–Crippen MR) is 106 cm³/mol. The Hall–Kier alpha value is -3.33. The van der Waals surface area contributed by atoms with Crippen molar-refractivity contribution in [1.82, 2.24) is 0 Å². The number of esters is 1. The summed E-state index contributed by atoms with van der Waals surface area (Å²) in [6.07, 6.45) is 0. The van der Waals surface area contributed by atoms with E-state index in [1.54, 1.807) is 13.8 Å². The number of anilines is 1. The fourth-order valence-electron chi connectivity index (χ4n) is 2.44. The third-order valence-corrected chi connectivity index (χ3v) is 4.11. The number of halogens is 1. The van der Waals surface area contributed by atoms with Crippen molar-refractivity contribution in [3.8, 4) is 11.5 Å². The zero-order valence-electron chi connectivity index (χ0n) is 16.0. The van der Waals surface area contributed by atoms with E-state index in [-0.39, 0.29) is 40.9 Å². The Morgan fingerprint density at radius 1 is 1.24 bits per heavy atom. The number of aryl methyl sites for hydroxylation is 1. The average Bonchev–Trinajstić information content (AvgIpc) is 2.67. The number of benzene rings is 2. The van der Waals surface area contributed by atoms with Crippen molar-refractivity contribution < 1.29 is 28.7 Å². The number of carbonyl (C=O) groups is 2. The molecule has 1 N–H and O–H groups in total. The van der Waals surface area contributed by atoms with Crippen LogP contribution in [0.5, 0.6) is 11.5 Å². The minimum absolute atomic E-state index is 0.0395. The van der Waals surface area contributed by atoms with Crippen LogP contribution in [0.25, 0.3) is 0 Å². The molecule has 2 aromatic carbocycles. The summed E-state index contributed by atoms with van der Waals surface area (Å²) in [4.78, 5) is 34.5. The van der Waals surface area contributed by atoms with Crippen LogP contribution >= 0.6 is 11.6 Å². The quantitative estimate of drug-likeness (QED) is 0.391. The minimum Gasteiger partial charge on any atom is -0.496 e. The second-order valence-electron chi connectivity index (χ2n) is 5.80. The van der Waals surface area contributed by atoms with Gasteiger partial charge >= 0.3 is 5.97 Å². The van der Waals surface area contributed by atoms with Crippen LogP contribution in [0.1, 0.15) is 22.8 Å². The molecule has 0 aliphatic rings. The number of nitro benzene ring substituents is 1. The summed E-state index contributed by atoms with van der Waals surface area (Å²) in [6, 6.07) is 6.92. The SMILES string of the molecule is CCOC(=O)c1cc(Cl)c(NC(=O)COc2ccc([N+](=O)[O-])c(C)c2)cc1OC. The summed E-state index contributed by atoms with van der Waals surface area (Å²) in [6.45, 7) is 3.09. The minimum atomic E-state index is -0.596. The highest BCUT2D eigenvalue weighted by Gasteiger charge is 2.18. The summed E-state index contributed by atoms with van der Waals surface area (Å²) in [7, 11) is 1.37. The molecule has 0 aliphatic carbocycles. The molecular weight excluding hydrogens is 404 g/mol. The van der Waals surface area contributed by atoms with Gasteiger partial charge in [0.05, 0.1) is 29.4 Å². The monoisotopic (exact) mass is 422 g/mol. The molecule has 9 nitrogen and oxygen atoms in total. The lowest BCUT2D eigenvalue weighted by atomic mass is 10.1. The first-order chi connectivity index (χ1) is 13.8. The van der Waals surface area contributed by atoms with Gasteiger partial charge in [0.15, 0.2) is 6.61 Å². The molecule has 0 radical (unpaired) electrons. The molecule has 0 atom stereocenters. The van der Waals surface area contributed by atoms with Crippen LogP contribution in [0.2, 0.25) is 5.02 Å². The number of amides is 1. The Labute approximate surface area is 171 Å². The van der Waals surface area contributed by atoms with Gasteiger partial charge in [-0.25, -0.2) is 4.79 Å². The molecule has 2 rings (SSSR count). The van der Waals surface area contributed by atoms with Crippen molar-refractivity contribution in [1.29, 1.82) is 0 Å². The predicted octanol–water partition coefficient (Wildman–Crippen LogP) is 3.76. The van der Waals surface area contributed by atoms with Crippen molar-refractivity contribution in [2.24, 2.45) is 0 Å². The number of nitrogens with one attached hydrogen (secondary N) is 1. The molecule has 2 aromatic rings. The van der Waals surface area contributed by atoms with Gasteiger partial charge in [-0.05, 0) is 32.0 Å². The maximum Gasteiger partial charge on any atom is 0.341 e. The molecule has 29 heavy (non-hydrogen) atoms.